The lowest BCUT2D eigenvalue weighted by Gasteiger charge is -2.11. The molecule has 0 atom stereocenters. The van der Waals surface area contributed by atoms with Crippen LogP contribution in [0.5, 0.6) is 11.5 Å². The third-order valence-electron chi connectivity index (χ3n) is 3.35. The molecule has 0 aliphatic heterocycles. The molecule has 0 aromatic heterocycles. The van der Waals surface area contributed by atoms with E-state index in [2.05, 4.69) is 13.2 Å². The summed E-state index contributed by atoms with van der Waals surface area (Å²) in [6, 6.07) is 5.41. The van der Waals surface area contributed by atoms with Crippen LogP contribution in [0.15, 0.2) is 49.6 Å². The SMILES string of the molecule is C=CCc1cc(-c2cc(F)c(O)c(CC=C)c2)cc(F)c1O. The van der Waals surface area contributed by atoms with Gasteiger partial charge in [0.05, 0.1) is 0 Å². The minimum absolute atomic E-state index is 0.288. The number of halogens is 2. The van der Waals surface area contributed by atoms with E-state index < -0.39 is 23.1 Å². The van der Waals surface area contributed by atoms with E-state index in [1.807, 2.05) is 0 Å². The highest BCUT2D eigenvalue weighted by Crippen LogP contribution is 2.33. The van der Waals surface area contributed by atoms with E-state index in [1.165, 1.54) is 0 Å². The van der Waals surface area contributed by atoms with Gasteiger partial charge in [-0.2, -0.15) is 0 Å². The highest BCUT2D eigenvalue weighted by molar-refractivity contribution is 5.68. The topological polar surface area (TPSA) is 40.5 Å². The quantitative estimate of drug-likeness (QED) is 0.798. The van der Waals surface area contributed by atoms with Crippen molar-refractivity contribution in [3.05, 3.63) is 72.3 Å². The van der Waals surface area contributed by atoms with E-state index in [9.17, 15) is 19.0 Å². The van der Waals surface area contributed by atoms with E-state index in [0.717, 1.165) is 12.1 Å². The number of phenolic OH excluding ortho intramolecular Hbond substituents is 2. The summed E-state index contributed by atoms with van der Waals surface area (Å²) in [6.07, 6.45) is 3.66. The van der Waals surface area contributed by atoms with Gasteiger partial charge >= 0.3 is 0 Å². The zero-order valence-electron chi connectivity index (χ0n) is 11.9. The molecule has 2 N–H and O–H groups in total. The van der Waals surface area contributed by atoms with Crippen LogP contribution in [0.3, 0.4) is 0 Å². The number of hydrogen-bond donors (Lipinski definition) is 2. The Bertz CT molecular complexity index is 673. The fourth-order valence-corrected chi connectivity index (χ4v) is 2.27. The number of phenols is 2. The smallest absolute Gasteiger partial charge is 0.165 e. The van der Waals surface area contributed by atoms with E-state index in [4.69, 9.17) is 0 Å². The van der Waals surface area contributed by atoms with E-state index >= 15 is 0 Å². The third kappa shape index (κ3) is 3.01. The predicted molar refractivity (Wildman–Crippen MR) is 82.9 cm³/mol. The standard InChI is InChI=1S/C18H16F2O2/c1-3-5-11-7-13(9-15(19)17(11)21)14-8-12(6-4-2)18(22)16(20)10-14/h3-4,7-10,21-22H,1-2,5-6H2. The first-order chi connectivity index (χ1) is 10.5. The average molecular weight is 302 g/mol. The molecule has 2 nitrogen and oxygen atoms in total. The van der Waals surface area contributed by atoms with Crippen LogP contribution in [-0.2, 0) is 12.8 Å². The molecule has 114 valence electrons. The molecule has 0 saturated carbocycles. The number of benzene rings is 2. The van der Waals surface area contributed by atoms with Crippen LogP contribution in [0.4, 0.5) is 8.78 Å². The van der Waals surface area contributed by atoms with E-state index in [1.54, 1.807) is 24.3 Å². The van der Waals surface area contributed by atoms with Gasteiger partial charge in [0.1, 0.15) is 0 Å². The number of hydrogen-bond acceptors (Lipinski definition) is 2. The minimum Gasteiger partial charge on any atom is -0.505 e. The third-order valence-corrected chi connectivity index (χ3v) is 3.35. The maximum atomic E-state index is 13.8. The van der Waals surface area contributed by atoms with E-state index in [0.29, 0.717) is 22.3 Å². The van der Waals surface area contributed by atoms with Crippen LogP contribution in [0.25, 0.3) is 11.1 Å². The normalized spacial score (nSPS) is 10.5. The molecule has 0 unspecified atom stereocenters. The first-order valence-corrected chi connectivity index (χ1v) is 6.72. The Balaban J connectivity index is 2.61. The van der Waals surface area contributed by atoms with E-state index in [-0.39, 0.29) is 12.8 Å². The van der Waals surface area contributed by atoms with Gasteiger partial charge in [-0.25, -0.2) is 8.78 Å². The Morgan fingerprint density at radius 1 is 0.773 bits per heavy atom. The Kier molecular flexibility index (Phi) is 4.61. The summed E-state index contributed by atoms with van der Waals surface area (Å²) in [7, 11) is 0. The Morgan fingerprint density at radius 3 is 1.45 bits per heavy atom. The molecule has 2 rings (SSSR count). The number of rotatable bonds is 5. The van der Waals surface area contributed by atoms with Crippen molar-refractivity contribution >= 4 is 0 Å². The molecule has 2 aromatic rings. The monoisotopic (exact) mass is 302 g/mol. The van der Waals surface area contributed by atoms with Gasteiger partial charge in [0.15, 0.2) is 23.1 Å². The second-order valence-electron chi connectivity index (χ2n) is 4.92. The first-order valence-electron chi connectivity index (χ1n) is 6.72. The van der Waals surface area contributed by atoms with Gasteiger partial charge in [-0.1, -0.05) is 12.2 Å². The molecule has 0 radical (unpaired) electrons. The Labute approximate surface area is 127 Å². The summed E-state index contributed by atoms with van der Waals surface area (Å²) in [5, 5.41) is 19.4. The lowest BCUT2D eigenvalue weighted by Crippen LogP contribution is -1.93. The number of aromatic hydroxyl groups is 2. The van der Waals surface area contributed by atoms with Crippen LogP contribution in [0, 0.1) is 11.6 Å². The zero-order valence-corrected chi connectivity index (χ0v) is 11.9. The van der Waals surface area contributed by atoms with Gasteiger partial charge in [0.25, 0.3) is 0 Å². The van der Waals surface area contributed by atoms with Crippen molar-refractivity contribution < 1.29 is 19.0 Å². The molecule has 0 spiro atoms. The van der Waals surface area contributed by atoms with Crippen LogP contribution >= 0.6 is 0 Å². The van der Waals surface area contributed by atoms with Gasteiger partial charge < -0.3 is 10.2 Å². The molecule has 22 heavy (non-hydrogen) atoms. The van der Waals surface area contributed by atoms with Crippen molar-refractivity contribution in [2.24, 2.45) is 0 Å². The summed E-state index contributed by atoms with van der Waals surface area (Å²) >= 11 is 0. The van der Waals surface area contributed by atoms with Crippen LogP contribution in [0.2, 0.25) is 0 Å². The van der Waals surface area contributed by atoms with Gasteiger partial charge in [-0.15, -0.1) is 13.2 Å². The van der Waals surface area contributed by atoms with Crippen molar-refractivity contribution in [3.63, 3.8) is 0 Å². The van der Waals surface area contributed by atoms with Crippen molar-refractivity contribution in [2.75, 3.05) is 0 Å². The largest absolute Gasteiger partial charge is 0.505 e. The van der Waals surface area contributed by atoms with Gasteiger partial charge in [-0.05, 0) is 48.2 Å². The fraction of sp³-hybridized carbons (Fsp3) is 0.111. The number of allylic oxidation sites excluding steroid dienone is 2. The zero-order chi connectivity index (χ0) is 16.3. The van der Waals surface area contributed by atoms with Crippen LogP contribution < -0.4 is 0 Å². The predicted octanol–water partition coefficient (Wildman–Crippen LogP) is 4.50. The van der Waals surface area contributed by atoms with Crippen LogP contribution in [0.1, 0.15) is 11.1 Å². The molecule has 0 saturated heterocycles. The summed E-state index contributed by atoms with van der Waals surface area (Å²) in [5.74, 6) is -2.44. The maximum Gasteiger partial charge on any atom is 0.165 e. The first kappa shape index (κ1) is 15.8. The fourth-order valence-electron chi connectivity index (χ4n) is 2.27. The summed E-state index contributed by atoms with van der Waals surface area (Å²) in [6.45, 7) is 7.11. The molecule has 0 aliphatic carbocycles. The maximum absolute atomic E-state index is 13.8. The lowest BCUT2D eigenvalue weighted by molar-refractivity contribution is 0.426. The lowest BCUT2D eigenvalue weighted by atomic mass is 9.97. The highest BCUT2D eigenvalue weighted by Gasteiger charge is 2.14. The van der Waals surface area contributed by atoms with Crippen molar-refractivity contribution in [1.82, 2.24) is 0 Å². The Morgan fingerprint density at radius 2 is 1.14 bits per heavy atom. The van der Waals surface area contributed by atoms with Crippen molar-refractivity contribution in [3.8, 4) is 22.6 Å². The van der Waals surface area contributed by atoms with Crippen LogP contribution in [-0.4, -0.2) is 10.2 Å². The minimum atomic E-state index is -0.784. The molecular weight excluding hydrogens is 286 g/mol. The van der Waals surface area contributed by atoms with Crippen molar-refractivity contribution in [2.45, 2.75) is 12.8 Å². The average Bonchev–Trinajstić information content (AvgIpc) is 2.48. The molecule has 0 aliphatic rings. The molecular formula is C18H16F2O2. The van der Waals surface area contributed by atoms with Crippen molar-refractivity contribution in [1.29, 1.82) is 0 Å². The summed E-state index contributed by atoms with van der Waals surface area (Å²) in [5.41, 5.74) is 1.56. The molecule has 0 fully saturated rings. The second kappa shape index (κ2) is 6.43. The highest BCUT2D eigenvalue weighted by atomic mass is 19.1. The summed E-state index contributed by atoms with van der Waals surface area (Å²) in [4.78, 5) is 0. The second-order valence-corrected chi connectivity index (χ2v) is 4.92. The molecule has 0 heterocycles. The summed E-state index contributed by atoms with van der Waals surface area (Å²) < 4.78 is 27.7. The molecule has 0 amide bonds. The van der Waals surface area contributed by atoms with Gasteiger partial charge in [-0.3, -0.25) is 0 Å². The molecule has 2 aromatic carbocycles. The van der Waals surface area contributed by atoms with Gasteiger partial charge in [0.2, 0.25) is 0 Å². The van der Waals surface area contributed by atoms with Gasteiger partial charge in [0, 0.05) is 11.1 Å². The molecule has 0 bridgehead atoms. The molecule has 4 heteroatoms. The Hall–Kier alpha value is -2.62.